The minimum atomic E-state index is -0.570. The summed E-state index contributed by atoms with van der Waals surface area (Å²) in [7, 11) is 1.64. The molecule has 1 atom stereocenters. The standard InChI is InChI=1S/C17H19BrO2/c1-11-7-12(2)17(16(8-11)20-3)15(19)10-13-5-4-6-14(18)9-13/h4-9,15,19H,10H2,1-3H3. The molecule has 2 aromatic carbocycles. The highest BCUT2D eigenvalue weighted by Crippen LogP contribution is 2.32. The van der Waals surface area contributed by atoms with Crippen LogP contribution in [0.1, 0.15) is 28.4 Å². The number of methoxy groups -OCH3 is 1. The summed E-state index contributed by atoms with van der Waals surface area (Å²) >= 11 is 3.45. The van der Waals surface area contributed by atoms with Gasteiger partial charge in [-0.3, -0.25) is 0 Å². The minimum absolute atomic E-state index is 0.569. The third-order valence-electron chi connectivity index (χ3n) is 3.36. The Morgan fingerprint density at radius 3 is 2.60 bits per heavy atom. The second kappa shape index (κ2) is 6.42. The zero-order valence-electron chi connectivity index (χ0n) is 12.0. The van der Waals surface area contributed by atoms with E-state index in [1.54, 1.807) is 7.11 Å². The van der Waals surface area contributed by atoms with E-state index in [0.717, 1.165) is 32.5 Å². The molecule has 0 saturated heterocycles. The van der Waals surface area contributed by atoms with Gasteiger partial charge in [0.15, 0.2) is 0 Å². The van der Waals surface area contributed by atoms with Gasteiger partial charge in [0.05, 0.1) is 13.2 Å². The Bertz CT molecular complexity index is 608. The highest BCUT2D eigenvalue weighted by Gasteiger charge is 2.17. The summed E-state index contributed by atoms with van der Waals surface area (Å²) in [5.41, 5.74) is 4.16. The molecule has 20 heavy (non-hydrogen) atoms. The van der Waals surface area contributed by atoms with Gasteiger partial charge in [-0.2, -0.15) is 0 Å². The molecule has 0 saturated carbocycles. The summed E-state index contributed by atoms with van der Waals surface area (Å²) in [6.45, 7) is 4.04. The van der Waals surface area contributed by atoms with E-state index in [2.05, 4.69) is 22.0 Å². The van der Waals surface area contributed by atoms with Crippen LogP contribution in [0.3, 0.4) is 0 Å². The molecular formula is C17H19BrO2. The van der Waals surface area contributed by atoms with Gasteiger partial charge in [0.2, 0.25) is 0 Å². The Morgan fingerprint density at radius 2 is 1.95 bits per heavy atom. The Hall–Kier alpha value is -1.32. The fraction of sp³-hybridized carbons (Fsp3) is 0.294. The van der Waals surface area contributed by atoms with E-state index < -0.39 is 6.10 Å². The summed E-state index contributed by atoms with van der Waals surface area (Å²) in [6.07, 6.45) is -0.000436. The molecule has 3 heteroatoms. The number of halogens is 1. The van der Waals surface area contributed by atoms with Gasteiger partial charge >= 0.3 is 0 Å². The summed E-state index contributed by atoms with van der Waals surface area (Å²) in [5.74, 6) is 0.755. The summed E-state index contributed by atoms with van der Waals surface area (Å²) in [6, 6.07) is 12.0. The molecule has 0 spiro atoms. The number of hydrogen-bond donors (Lipinski definition) is 1. The molecule has 0 aliphatic heterocycles. The molecule has 0 aromatic heterocycles. The molecule has 2 rings (SSSR count). The van der Waals surface area contributed by atoms with Crippen LogP contribution in [0, 0.1) is 13.8 Å². The number of aryl methyl sites for hydroxylation is 2. The molecular weight excluding hydrogens is 316 g/mol. The molecule has 0 heterocycles. The molecule has 0 aliphatic carbocycles. The number of ether oxygens (including phenoxy) is 1. The predicted octanol–water partition coefficient (Wildman–Crippen LogP) is 4.35. The van der Waals surface area contributed by atoms with Crippen molar-refractivity contribution in [2.75, 3.05) is 7.11 Å². The van der Waals surface area contributed by atoms with Gasteiger partial charge in [0.1, 0.15) is 5.75 Å². The Balaban J connectivity index is 2.31. The molecule has 2 nitrogen and oxygen atoms in total. The van der Waals surface area contributed by atoms with Crippen LogP contribution in [-0.4, -0.2) is 12.2 Å². The van der Waals surface area contributed by atoms with Crippen molar-refractivity contribution in [2.45, 2.75) is 26.4 Å². The fourth-order valence-corrected chi connectivity index (χ4v) is 2.97. The second-order valence-electron chi connectivity index (χ2n) is 5.05. The van der Waals surface area contributed by atoms with Crippen molar-refractivity contribution in [3.8, 4) is 5.75 Å². The zero-order valence-corrected chi connectivity index (χ0v) is 13.6. The highest BCUT2D eigenvalue weighted by molar-refractivity contribution is 9.10. The van der Waals surface area contributed by atoms with Crippen molar-refractivity contribution in [1.29, 1.82) is 0 Å². The average molecular weight is 335 g/mol. The van der Waals surface area contributed by atoms with Crippen molar-refractivity contribution in [3.05, 3.63) is 63.1 Å². The van der Waals surface area contributed by atoms with Gasteiger partial charge < -0.3 is 9.84 Å². The Morgan fingerprint density at radius 1 is 1.20 bits per heavy atom. The van der Waals surface area contributed by atoms with Gasteiger partial charge in [-0.25, -0.2) is 0 Å². The molecule has 1 N–H and O–H groups in total. The average Bonchev–Trinajstić information content (AvgIpc) is 2.37. The first-order valence-corrected chi connectivity index (χ1v) is 7.38. The maximum absolute atomic E-state index is 10.6. The summed E-state index contributed by atoms with van der Waals surface area (Å²) in [5, 5.41) is 10.6. The third-order valence-corrected chi connectivity index (χ3v) is 3.86. The normalized spacial score (nSPS) is 12.2. The van der Waals surface area contributed by atoms with Crippen molar-refractivity contribution in [3.63, 3.8) is 0 Å². The van der Waals surface area contributed by atoms with Crippen LogP contribution in [0.2, 0.25) is 0 Å². The molecule has 2 aromatic rings. The Kier molecular flexibility index (Phi) is 4.84. The van der Waals surface area contributed by atoms with Crippen molar-refractivity contribution in [2.24, 2.45) is 0 Å². The van der Waals surface area contributed by atoms with E-state index in [4.69, 9.17) is 4.74 Å². The van der Waals surface area contributed by atoms with E-state index in [1.165, 1.54) is 0 Å². The molecule has 0 bridgehead atoms. The van der Waals surface area contributed by atoms with Gasteiger partial charge in [-0.15, -0.1) is 0 Å². The molecule has 0 amide bonds. The van der Waals surface area contributed by atoms with Gasteiger partial charge in [0, 0.05) is 16.5 Å². The van der Waals surface area contributed by atoms with Crippen LogP contribution in [0.15, 0.2) is 40.9 Å². The van der Waals surface area contributed by atoms with Crippen LogP contribution < -0.4 is 4.74 Å². The zero-order chi connectivity index (χ0) is 14.7. The van der Waals surface area contributed by atoms with Crippen molar-refractivity contribution < 1.29 is 9.84 Å². The fourth-order valence-electron chi connectivity index (χ4n) is 2.52. The number of aliphatic hydroxyl groups is 1. The molecule has 0 fully saturated rings. The lowest BCUT2D eigenvalue weighted by Gasteiger charge is -2.18. The maximum Gasteiger partial charge on any atom is 0.125 e. The second-order valence-corrected chi connectivity index (χ2v) is 5.96. The van der Waals surface area contributed by atoms with Crippen molar-refractivity contribution >= 4 is 15.9 Å². The topological polar surface area (TPSA) is 29.5 Å². The van der Waals surface area contributed by atoms with E-state index in [1.807, 2.05) is 44.2 Å². The SMILES string of the molecule is COc1cc(C)cc(C)c1C(O)Cc1cccc(Br)c1. The lowest BCUT2D eigenvalue weighted by Crippen LogP contribution is -2.07. The van der Waals surface area contributed by atoms with Crippen LogP contribution >= 0.6 is 15.9 Å². The van der Waals surface area contributed by atoms with E-state index in [9.17, 15) is 5.11 Å². The lowest BCUT2D eigenvalue weighted by molar-refractivity contribution is 0.173. The number of hydrogen-bond acceptors (Lipinski definition) is 2. The van der Waals surface area contributed by atoms with Crippen LogP contribution in [0.4, 0.5) is 0 Å². The van der Waals surface area contributed by atoms with Crippen LogP contribution in [-0.2, 0) is 6.42 Å². The minimum Gasteiger partial charge on any atom is -0.496 e. The van der Waals surface area contributed by atoms with Gasteiger partial charge in [-0.1, -0.05) is 34.1 Å². The smallest absolute Gasteiger partial charge is 0.125 e. The lowest BCUT2D eigenvalue weighted by atomic mass is 9.95. The predicted molar refractivity (Wildman–Crippen MR) is 85.3 cm³/mol. The molecule has 1 unspecified atom stereocenters. The third kappa shape index (κ3) is 3.41. The quantitative estimate of drug-likeness (QED) is 0.900. The Labute approximate surface area is 128 Å². The number of aliphatic hydroxyl groups excluding tert-OH is 1. The molecule has 0 radical (unpaired) electrons. The molecule has 0 aliphatic rings. The summed E-state index contributed by atoms with van der Waals surface area (Å²) in [4.78, 5) is 0. The van der Waals surface area contributed by atoms with Crippen molar-refractivity contribution in [1.82, 2.24) is 0 Å². The van der Waals surface area contributed by atoms with E-state index in [-0.39, 0.29) is 0 Å². The van der Waals surface area contributed by atoms with E-state index >= 15 is 0 Å². The molecule has 106 valence electrons. The van der Waals surface area contributed by atoms with Crippen LogP contribution in [0.5, 0.6) is 5.75 Å². The van der Waals surface area contributed by atoms with Gasteiger partial charge in [-0.05, 0) is 48.7 Å². The van der Waals surface area contributed by atoms with Crippen LogP contribution in [0.25, 0.3) is 0 Å². The maximum atomic E-state index is 10.6. The first kappa shape index (κ1) is 15.1. The van der Waals surface area contributed by atoms with E-state index in [0.29, 0.717) is 6.42 Å². The first-order valence-electron chi connectivity index (χ1n) is 6.59. The monoisotopic (exact) mass is 334 g/mol. The first-order chi connectivity index (χ1) is 9.51. The number of rotatable bonds is 4. The summed E-state index contributed by atoms with van der Waals surface area (Å²) < 4.78 is 6.44. The highest BCUT2D eigenvalue weighted by atomic mass is 79.9. The van der Waals surface area contributed by atoms with Gasteiger partial charge in [0.25, 0.3) is 0 Å². The number of benzene rings is 2. The largest absolute Gasteiger partial charge is 0.496 e.